The zero-order valence-corrected chi connectivity index (χ0v) is 22.1. The molecule has 4 rings (SSSR count). The van der Waals surface area contributed by atoms with Gasteiger partial charge in [0.05, 0.1) is 11.8 Å². The maximum Gasteiger partial charge on any atom is 0.339 e. The van der Waals surface area contributed by atoms with Crippen LogP contribution in [0.2, 0.25) is 0 Å². The van der Waals surface area contributed by atoms with Gasteiger partial charge in [0.1, 0.15) is 17.1 Å². The van der Waals surface area contributed by atoms with Gasteiger partial charge in [0.2, 0.25) is 0 Å². The molecule has 182 valence electrons. The van der Waals surface area contributed by atoms with Gasteiger partial charge >= 0.3 is 5.97 Å². The Hall–Kier alpha value is -3.23. The molecule has 0 aliphatic heterocycles. The number of rotatable bonds is 9. The Kier molecular flexibility index (Phi) is 7.52. The maximum absolute atomic E-state index is 12.0. The number of aromatic carboxylic acids is 1. The number of hydrogen-bond acceptors (Lipinski definition) is 7. The molecule has 3 heterocycles. The number of thiazole rings is 1. The highest BCUT2D eigenvalue weighted by atomic mass is 32.1. The molecule has 0 amide bonds. The summed E-state index contributed by atoms with van der Waals surface area (Å²) in [6.07, 6.45) is 2.63. The van der Waals surface area contributed by atoms with Crippen LogP contribution < -0.4 is 10.1 Å². The third-order valence-corrected chi connectivity index (χ3v) is 7.18. The van der Waals surface area contributed by atoms with E-state index in [2.05, 4.69) is 30.2 Å². The zero-order chi connectivity index (χ0) is 25.1. The van der Waals surface area contributed by atoms with E-state index in [1.807, 2.05) is 50.4 Å². The second-order valence-electron chi connectivity index (χ2n) is 9.06. The number of aromatic nitrogens is 2. The van der Waals surface area contributed by atoms with Crippen molar-refractivity contribution in [1.29, 1.82) is 0 Å². The number of pyridine rings is 1. The number of nitrogens with zero attached hydrogens (tertiary/aromatic N) is 2. The first kappa shape index (κ1) is 24.9. The first-order valence-electron chi connectivity index (χ1n) is 11.5. The summed E-state index contributed by atoms with van der Waals surface area (Å²) in [5.74, 6) is 0.528. The standard InChI is InChI=1S/C27H29N3O3S2/c1-15(2)11-23-24(18-9-8-17(5)21(13-18)33-16(3)4)29-27(35-23)30-25-20(26(31)32)12-19(14-28-25)22-7-6-10-34-22/h6-10,12-16H,11H2,1-5H3,(H,31,32)(H,28,29,30). The molecule has 3 aromatic heterocycles. The smallest absolute Gasteiger partial charge is 0.339 e. The lowest BCUT2D eigenvalue weighted by Crippen LogP contribution is -2.06. The van der Waals surface area contributed by atoms with E-state index in [0.29, 0.717) is 11.0 Å². The van der Waals surface area contributed by atoms with Crippen LogP contribution in [-0.4, -0.2) is 27.1 Å². The topological polar surface area (TPSA) is 84.3 Å². The number of carbonyl (C=O) groups is 1. The summed E-state index contributed by atoms with van der Waals surface area (Å²) in [7, 11) is 0. The molecule has 0 fully saturated rings. The molecule has 2 N–H and O–H groups in total. The van der Waals surface area contributed by atoms with Crippen LogP contribution in [0.15, 0.2) is 48.0 Å². The normalized spacial score (nSPS) is 11.3. The molecule has 4 aromatic rings. The van der Waals surface area contributed by atoms with Crippen molar-refractivity contribution in [3.05, 3.63) is 64.0 Å². The van der Waals surface area contributed by atoms with E-state index in [1.54, 1.807) is 23.6 Å². The van der Waals surface area contributed by atoms with Gasteiger partial charge in [-0.3, -0.25) is 0 Å². The number of anilines is 2. The molecule has 0 radical (unpaired) electrons. The molecule has 0 saturated carbocycles. The minimum Gasteiger partial charge on any atom is -0.491 e. The lowest BCUT2D eigenvalue weighted by Gasteiger charge is -2.14. The Labute approximate surface area is 213 Å². The highest BCUT2D eigenvalue weighted by Gasteiger charge is 2.19. The fourth-order valence-corrected chi connectivity index (χ4v) is 5.58. The van der Waals surface area contributed by atoms with Crippen LogP contribution in [-0.2, 0) is 6.42 Å². The summed E-state index contributed by atoms with van der Waals surface area (Å²) in [6, 6.07) is 11.7. The minimum absolute atomic E-state index is 0.0735. The Bertz CT molecular complexity index is 1330. The number of carboxylic acid groups (broad SMARTS) is 1. The van der Waals surface area contributed by atoms with Gasteiger partial charge in [-0.15, -0.1) is 22.7 Å². The quantitative estimate of drug-likeness (QED) is 0.242. The molecule has 1 aromatic carbocycles. The van der Waals surface area contributed by atoms with Gasteiger partial charge in [-0.2, -0.15) is 0 Å². The summed E-state index contributed by atoms with van der Waals surface area (Å²) >= 11 is 3.08. The number of ether oxygens (including phenoxy) is 1. The highest BCUT2D eigenvalue weighted by Crippen LogP contribution is 2.37. The summed E-state index contributed by atoms with van der Waals surface area (Å²) < 4.78 is 6.00. The van der Waals surface area contributed by atoms with E-state index in [1.165, 1.54) is 11.3 Å². The zero-order valence-electron chi connectivity index (χ0n) is 20.5. The maximum atomic E-state index is 12.0. The van der Waals surface area contributed by atoms with Gasteiger partial charge in [0, 0.05) is 27.1 Å². The first-order chi connectivity index (χ1) is 16.7. The third-order valence-electron chi connectivity index (χ3n) is 5.26. The van der Waals surface area contributed by atoms with Crippen LogP contribution in [0, 0.1) is 12.8 Å². The van der Waals surface area contributed by atoms with Crippen LogP contribution in [0.3, 0.4) is 0 Å². The molecular formula is C27H29N3O3S2. The molecule has 6 nitrogen and oxygen atoms in total. The Balaban J connectivity index is 1.71. The van der Waals surface area contributed by atoms with Gasteiger partial charge < -0.3 is 15.2 Å². The molecule has 0 aliphatic rings. The number of benzene rings is 1. The van der Waals surface area contributed by atoms with Crippen molar-refractivity contribution in [3.63, 3.8) is 0 Å². The molecule has 0 spiro atoms. The summed E-state index contributed by atoms with van der Waals surface area (Å²) in [5, 5.41) is 15.6. The molecule has 0 aliphatic carbocycles. The van der Waals surface area contributed by atoms with Gasteiger partial charge in [0.25, 0.3) is 0 Å². The van der Waals surface area contributed by atoms with Gasteiger partial charge in [-0.25, -0.2) is 14.8 Å². The van der Waals surface area contributed by atoms with Gasteiger partial charge in [-0.1, -0.05) is 32.0 Å². The average molecular weight is 508 g/mol. The number of carboxylic acids is 1. The van der Waals surface area contributed by atoms with E-state index in [4.69, 9.17) is 9.72 Å². The molecule has 0 bridgehead atoms. The molecule has 0 atom stereocenters. The largest absolute Gasteiger partial charge is 0.491 e. The van der Waals surface area contributed by atoms with Crippen LogP contribution in [0.25, 0.3) is 21.7 Å². The Morgan fingerprint density at radius 3 is 2.60 bits per heavy atom. The van der Waals surface area contributed by atoms with E-state index in [-0.39, 0.29) is 17.5 Å². The predicted octanol–water partition coefficient (Wildman–Crippen LogP) is 7.67. The minimum atomic E-state index is -1.04. The molecule has 0 unspecified atom stereocenters. The van der Waals surface area contributed by atoms with Crippen molar-refractivity contribution in [2.24, 2.45) is 5.92 Å². The van der Waals surface area contributed by atoms with E-state index >= 15 is 0 Å². The van der Waals surface area contributed by atoms with Crippen LogP contribution in [0.5, 0.6) is 5.75 Å². The van der Waals surface area contributed by atoms with Gasteiger partial charge in [0.15, 0.2) is 5.13 Å². The molecule has 8 heteroatoms. The lowest BCUT2D eigenvalue weighted by atomic mass is 10.0. The van der Waals surface area contributed by atoms with Crippen molar-refractivity contribution in [3.8, 4) is 27.4 Å². The van der Waals surface area contributed by atoms with Crippen molar-refractivity contribution in [2.45, 2.75) is 47.1 Å². The number of hydrogen-bond donors (Lipinski definition) is 2. The monoisotopic (exact) mass is 507 g/mol. The van der Waals surface area contributed by atoms with E-state index in [9.17, 15) is 9.90 Å². The van der Waals surface area contributed by atoms with E-state index in [0.717, 1.165) is 44.3 Å². The van der Waals surface area contributed by atoms with Crippen molar-refractivity contribution >= 4 is 39.6 Å². The summed E-state index contributed by atoms with van der Waals surface area (Å²) in [4.78, 5) is 23.4. The van der Waals surface area contributed by atoms with Crippen molar-refractivity contribution in [1.82, 2.24) is 9.97 Å². The van der Waals surface area contributed by atoms with Crippen LogP contribution >= 0.6 is 22.7 Å². The van der Waals surface area contributed by atoms with E-state index < -0.39 is 5.97 Å². The predicted molar refractivity (Wildman–Crippen MR) is 144 cm³/mol. The Morgan fingerprint density at radius 2 is 1.94 bits per heavy atom. The van der Waals surface area contributed by atoms with Crippen LogP contribution in [0.1, 0.15) is 48.5 Å². The number of aryl methyl sites for hydroxylation is 1. The second kappa shape index (κ2) is 10.6. The number of nitrogens with one attached hydrogen (secondary N) is 1. The summed E-state index contributed by atoms with van der Waals surface area (Å²) in [6.45, 7) is 10.4. The summed E-state index contributed by atoms with van der Waals surface area (Å²) in [5.41, 5.74) is 3.82. The fraction of sp³-hybridized carbons (Fsp3) is 0.296. The molecular weight excluding hydrogens is 478 g/mol. The number of thiophene rings is 1. The fourth-order valence-electron chi connectivity index (χ4n) is 3.67. The second-order valence-corrected chi connectivity index (χ2v) is 11.1. The Morgan fingerprint density at radius 1 is 1.14 bits per heavy atom. The highest BCUT2D eigenvalue weighted by molar-refractivity contribution is 7.16. The van der Waals surface area contributed by atoms with Gasteiger partial charge in [-0.05, 0) is 62.3 Å². The molecule has 0 saturated heterocycles. The van der Waals surface area contributed by atoms with Crippen molar-refractivity contribution < 1.29 is 14.6 Å². The third kappa shape index (κ3) is 5.89. The average Bonchev–Trinajstić information content (AvgIpc) is 3.45. The molecule has 35 heavy (non-hydrogen) atoms. The van der Waals surface area contributed by atoms with Crippen LogP contribution in [0.4, 0.5) is 10.9 Å². The van der Waals surface area contributed by atoms with Crippen molar-refractivity contribution in [2.75, 3.05) is 5.32 Å². The first-order valence-corrected chi connectivity index (χ1v) is 13.2. The SMILES string of the molecule is Cc1ccc(-c2nc(Nc3ncc(-c4cccs4)cc3C(=O)O)sc2CC(C)C)cc1OC(C)C. The lowest BCUT2D eigenvalue weighted by molar-refractivity contribution is 0.0697.